The van der Waals surface area contributed by atoms with Crippen molar-refractivity contribution in [3.05, 3.63) is 192 Å². The number of aromatic amines is 1. The van der Waals surface area contributed by atoms with Gasteiger partial charge in [0.15, 0.2) is 0 Å². The van der Waals surface area contributed by atoms with Crippen molar-refractivity contribution in [2.45, 2.75) is 12.8 Å². The lowest BCUT2D eigenvalue weighted by molar-refractivity contribution is 1.26. The van der Waals surface area contributed by atoms with E-state index in [1.54, 1.807) is 0 Å². The molecule has 1 heteroatoms. The average Bonchev–Trinajstić information content (AvgIpc) is 3.90. The Labute approximate surface area is 297 Å². The predicted molar refractivity (Wildman–Crippen MR) is 214 cm³/mol. The Hall–Kier alpha value is -6.44. The van der Waals surface area contributed by atoms with E-state index in [-0.39, 0.29) is 0 Å². The quantitative estimate of drug-likeness (QED) is 0.196. The summed E-state index contributed by atoms with van der Waals surface area (Å²) in [5.41, 5.74) is 23.9. The molecule has 238 valence electrons. The van der Waals surface area contributed by atoms with Crippen LogP contribution in [0.1, 0.15) is 22.3 Å². The fourth-order valence-electron chi connectivity index (χ4n) is 9.15. The molecule has 2 aliphatic carbocycles. The molecule has 0 aliphatic heterocycles. The Balaban J connectivity index is 1.05. The maximum absolute atomic E-state index is 4.01. The van der Waals surface area contributed by atoms with E-state index in [1.165, 1.54) is 111 Å². The van der Waals surface area contributed by atoms with Crippen LogP contribution in [0.25, 0.3) is 88.6 Å². The maximum Gasteiger partial charge on any atom is 0.0544 e. The molecule has 0 atom stereocenters. The first-order valence-electron chi connectivity index (χ1n) is 17.9. The zero-order valence-electron chi connectivity index (χ0n) is 28.1. The van der Waals surface area contributed by atoms with Gasteiger partial charge in [-0.1, -0.05) is 170 Å². The molecule has 0 saturated heterocycles. The van der Waals surface area contributed by atoms with Crippen molar-refractivity contribution in [1.29, 1.82) is 0 Å². The second-order valence-electron chi connectivity index (χ2n) is 14.0. The highest BCUT2D eigenvalue weighted by Gasteiger charge is 2.27. The number of rotatable bonds is 4. The van der Waals surface area contributed by atoms with E-state index in [2.05, 4.69) is 175 Å². The molecular weight excluding hydrogens is 615 g/mol. The van der Waals surface area contributed by atoms with Gasteiger partial charge >= 0.3 is 0 Å². The zero-order chi connectivity index (χ0) is 33.5. The van der Waals surface area contributed by atoms with Gasteiger partial charge in [0, 0.05) is 21.9 Å². The molecule has 9 aromatic rings. The van der Waals surface area contributed by atoms with Crippen molar-refractivity contribution >= 4 is 21.8 Å². The van der Waals surface area contributed by atoms with Gasteiger partial charge in [0.05, 0.1) is 11.0 Å². The molecule has 0 unspecified atom stereocenters. The molecule has 0 bridgehead atoms. The van der Waals surface area contributed by atoms with Crippen LogP contribution in [0.5, 0.6) is 0 Å². The van der Waals surface area contributed by atoms with E-state index in [0.29, 0.717) is 0 Å². The SMILES string of the molecule is c1ccc(-c2cccc3c2Cc2c-3cccc2-c2cccc3c2[nH]c2c(-c4cccc5c4Cc4c(-c6ccccc6)cccc4-5)cccc23)cc1. The number of H-pyrrole nitrogens is 1. The van der Waals surface area contributed by atoms with Gasteiger partial charge in [0.1, 0.15) is 0 Å². The van der Waals surface area contributed by atoms with Crippen LogP contribution in [-0.2, 0) is 12.8 Å². The average molecular weight is 648 g/mol. The maximum atomic E-state index is 4.01. The molecule has 1 aromatic heterocycles. The number of para-hydroxylation sites is 2. The van der Waals surface area contributed by atoms with Gasteiger partial charge in [-0.2, -0.15) is 0 Å². The summed E-state index contributed by atoms with van der Waals surface area (Å²) < 4.78 is 0. The minimum atomic E-state index is 0.926. The van der Waals surface area contributed by atoms with Gasteiger partial charge in [-0.3, -0.25) is 0 Å². The van der Waals surface area contributed by atoms with Crippen molar-refractivity contribution in [1.82, 2.24) is 4.98 Å². The van der Waals surface area contributed by atoms with E-state index in [0.717, 1.165) is 12.8 Å². The van der Waals surface area contributed by atoms with E-state index < -0.39 is 0 Å². The molecule has 0 spiro atoms. The molecule has 0 fully saturated rings. The first-order chi connectivity index (χ1) is 25.3. The van der Waals surface area contributed by atoms with Gasteiger partial charge in [0.2, 0.25) is 0 Å². The van der Waals surface area contributed by atoms with Gasteiger partial charge < -0.3 is 4.98 Å². The Morgan fingerprint density at radius 3 is 0.941 bits per heavy atom. The van der Waals surface area contributed by atoms with Gasteiger partial charge in [-0.15, -0.1) is 0 Å². The Bertz CT molecular complexity index is 2640. The highest BCUT2D eigenvalue weighted by atomic mass is 14.7. The molecule has 1 nitrogen and oxygen atoms in total. The monoisotopic (exact) mass is 647 g/mol. The lowest BCUT2D eigenvalue weighted by atomic mass is 9.93. The molecule has 0 radical (unpaired) electrons. The topological polar surface area (TPSA) is 15.8 Å². The molecule has 1 heterocycles. The first-order valence-corrected chi connectivity index (χ1v) is 17.9. The van der Waals surface area contributed by atoms with Crippen LogP contribution in [-0.4, -0.2) is 4.98 Å². The van der Waals surface area contributed by atoms with Crippen LogP contribution in [0, 0.1) is 0 Å². The van der Waals surface area contributed by atoms with E-state index >= 15 is 0 Å². The summed E-state index contributed by atoms with van der Waals surface area (Å²) in [5, 5.41) is 2.54. The third-order valence-corrected chi connectivity index (χ3v) is 11.4. The number of aromatic nitrogens is 1. The summed E-state index contributed by atoms with van der Waals surface area (Å²) in [6, 6.07) is 62.6. The largest absolute Gasteiger partial charge is 0.353 e. The number of fused-ring (bicyclic) bond motifs is 9. The molecule has 2 aliphatic rings. The minimum Gasteiger partial charge on any atom is -0.353 e. The second-order valence-corrected chi connectivity index (χ2v) is 14.0. The molecule has 0 amide bonds. The van der Waals surface area contributed by atoms with Crippen molar-refractivity contribution in [2.24, 2.45) is 0 Å². The summed E-state index contributed by atoms with van der Waals surface area (Å²) >= 11 is 0. The van der Waals surface area contributed by atoms with Gasteiger partial charge in [0.25, 0.3) is 0 Å². The third-order valence-electron chi connectivity index (χ3n) is 11.4. The van der Waals surface area contributed by atoms with Crippen LogP contribution in [0.4, 0.5) is 0 Å². The summed E-state index contributed by atoms with van der Waals surface area (Å²) in [4.78, 5) is 4.01. The lowest BCUT2D eigenvalue weighted by Gasteiger charge is -2.11. The van der Waals surface area contributed by atoms with Crippen LogP contribution in [0.3, 0.4) is 0 Å². The van der Waals surface area contributed by atoms with Crippen molar-refractivity contribution in [2.75, 3.05) is 0 Å². The van der Waals surface area contributed by atoms with Crippen LogP contribution in [0.15, 0.2) is 170 Å². The molecule has 8 aromatic carbocycles. The van der Waals surface area contributed by atoms with Crippen LogP contribution >= 0.6 is 0 Å². The zero-order valence-corrected chi connectivity index (χ0v) is 28.1. The fraction of sp³-hybridized carbons (Fsp3) is 0.0400. The Morgan fingerprint density at radius 1 is 0.255 bits per heavy atom. The highest BCUT2D eigenvalue weighted by Crippen LogP contribution is 2.49. The molecule has 11 rings (SSSR count). The van der Waals surface area contributed by atoms with E-state index in [9.17, 15) is 0 Å². The number of nitrogens with one attached hydrogen (secondary N) is 1. The normalized spacial score (nSPS) is 12.5. The van der Waals surface area contributed by atoms with E-state index in [4.69, 9.17) is 0 Å². The second kappa shape index (κ2) is 11.0. The first kappa shape index (κ1) is 28.4. The minimum absolute atomic E-state index is 0.926. The fourth-order valence-corrected chi connectivity index (χ4v) is 9.15. The number of hydrogen-bond donors (Lipinski definition) is 1. The summed E-state index contributed by atoms with van der Waals surface area (Å²) in [6.45, 7) is 0. The van der Waals surface area contributed by atoms with Crippen LogP contribution < -0.4 is 0 Å². The Morgan fingerprint density at radius 2 is 0.549 bits per heavy atom. The number of benzene rings is 8. The smallest absolute Gasteiger partial charge is 0.0544 e. The van der Waals surface area contributed by atoms with Gasteiger partial charge in [-0.25, -0.2) is 0 Å². The van der Waals surface area contributed by atoms with E-state index in [1.807, 2.05) is 0 Å². The molecule has 1 N–H and O–H groups in total. The summed E-state index contributed by atoms with van der Waals surface area (Å²) in [7, 11) is 0. The molecule has 0 saturated carbocycles. The standard InChI is InChI=1S/C50H33N/c1-3-13-31(14-4-1)33-17-7-19-35-37-21-9-23-39(47(37)29-45(33)35)41-25-11-27-43-44-28-12-26-42(50(44)51-49(41)43)40-24-10-22-38-36-20-8-18-34(46(36)30-48(38)40)32-15-5-2-6-16-32/h1-28,51H,29-30H2. The number of hydrogen-bond acceptors (Lipinski definition) is 0. The van der Waals surface area contributed by atoms with Gasteiger partial charge in [-0.05, 0) is 90.7 Å². The third kappa shape index (κ3) is 4.22. The Kier molecular flexibility index (Phi) is 6.15. The van der Waals surface area contributed by atoms with Crippen molar-refractivity contribution in [3.8, 4) is 66.8 Å². The predicted octanol–water partition coefficient (Wildman–Crippen LogP) is 13.1. The summed E-state index contributed by atoms with van der Waals surface area (Å²) in [5.74, 6) is 0. The molecular formula is C50H33N. The lowest BCUT2D eigenvalue weighted by Crippen LogP contribution is -1.91. The molecule has 51 heavy (non-hydrogen) atoms. The van der Waals surface area contributed by atoms with Crippen LogP contribution in [0.2, 0.25) is 0 Å². The van der Waals surface area contributed by atoms with Crippen molar-refractivity contribution < 1.29 is 0 Å². The summed E-state index contributed by atoms with van der Waals surface area (Å²) in [6.07, 6.45) is 1.85. The van der Waals surface area contributed by atoms with Crippen molar-refractivity contribution in [3.63, 3.8) is 0 Å². The highest BCUT2D eigenvalue weighted by molar-refractivity contribution is 6.16.